The molecule has 18 heavy (non-hydrogen) atoms. The molecule has 5 nitrogen and oxygen atoms in total. The van der Waals surface area contributed by atoms with Crippen molar-refractivity contribution < 1.29 is 9.63 Å². The molecular weight excluding hydrogens is 232 g/mol. The SMILES string of the molecule is CCONC(=O)Cc1cc2ccccc2[nH]c1=O. The lowest BCUT2D eigenvalue weighted by Gasteiger charge is -2.04. The number of benzene rings is 1. The molecule has 0 aliphatic rings. The maximum Gasteiger partial charge on any atom is 0.252 e. The van der Waals surface area contributed by atoms with Gasteiger partial charge in [0, 0.05) is 11.1 Å². The van der Waals surface area contributed by atoms with Gasteiger partial charge in [-0.1, -0.05) is 18.2 Å². The van der Waals surface area contributed by atoms with Crippen molar-refractivity contribution in [1.29, 1.82) is 0 Å². The zero-order valence-electron chi connectivity index (χ0n) is 10.0. The number of hydrogen-bond acceptors (Lipinski definition) is 3. The van der Waals surface area contributed by atoms with Crippen LogP contribution in [0.4, 0.5) is 0 Å². The molecule has 0 bridgehead atoms. The van der Waals surface area contributed by atoms with Crippen molar-refractivity contribution in [3.63, 3.8) is 0 Å². The summed E-state index contributed by atoms with van der Waals surface area (Å²) in [6, 6.07) is 9.15. The van der Waals surface area contributed by atoms with Crippen LogP contribution in [-0.2, 0) is 16.1 Å². The molecule has 1 aromatic carbocycles. The third kappa shape index (κ3) is 2.75. The van der Waals surface area contributed by atoms with Crippen LogP contribution in [0, 0.1) is 0 Å². The second kappa shape index (κ2) is 5.46. The highest BCUT2D eigenvalue weighted by atomic mass is 16.6. The lowest BCUT2D eigenvalue weighted by molar-refractivity contribution is -0.132. The van der Waals surface area contributed by atoms with Gasteiger partial charge >= 0.3 is 0 Å². The highest BCUT2D eigenvalue weighted by Gasteiger charge is 2.08. The summed E-state index contributed by atoms with van der Waals surface area (Å²) in [5.41, 5.74) is 3.20. The van der Waals surface area contributed by atoms with Gasteiger partial charge < -0.3 is 4.98 Å². The first-order chi connectivity index (χ1) is 8.70. The van der Waals surface area contributed by atoms with Gasteiger partial charge in [0.2, 0.25) is 5.91 Å². The van der Waals surface area contributed by atoms with Gasteiger partial charge in [-0.15, -0.1) is 0 Å². The number of aromatic amines is 1. The fourth-order valence-corrected chi connectivity index (χ4v) is 1.69. The molecule has 2 N–H and O–H groups in total. The first-order valence-corrected chi connectivity index (χ1v) is 5.72. The van der Waals surface area contributed by atoms with Crippen LogP contribution < -0.4 is 11.0 Å². The molecule has 94 valence electrons. The first kappa shape index (κ1) is 12.3. The van der Waals surface area contributed by atoms with Crippen molar-refractivity contribution >= 4 is 16.8 Å². The van der Waals surface area contributed by atoms with Gasteiger partial charge in [0.1, 0.15) is 0 Å². The Kier molecular flexibility index (Phi) is 3.74. The Hall–Kier alpha value is -2.14. The number of amides is 1. The van der Waals surface area contributed by atoms with Crippen molar-refractivity contribution in [3.05, 3.63) is 46.2 Å². The van der Waals surface area contributed by atoms with E-state index in [0.29, 0.717) is 12.2 Å². The number of para-hydroxylation sites is 1. The molecule has 0 aliphatic heterocycles. The number of carbonyl (C=O) groups excluding carboxylic acids is 1. The van der Waals surface area contributed by atoms with E-state index in [0.717, 1.165) is 10.9 Å². The third-order valence-electron chi connectivity index (χ3n) is 2.51. The summed E-state index contributed by atoms with van der Waals surface area (Å²) in [6.07, 6.45) is 0.000166. The summed E-state index contributed by atoms with van der Waals surface area (Å²) in [5, 5.41) is 0.899. The first-order valence-electron chi connectivity index (χ1n) is 5.72. The van der Waals surface area contributed by atoms with Gasteiger partial charge in [-0.25, -0.2) is 5.48 Å². The number of rotatable bonds is 4. The van der Waals surface area contributed by atoms with Crippen LogP contribution in [0.2, 0.25) is 0 Å². The van der Waals surface area contributed by atoms with Gasteiger partial charge in [-0.05, 0) is 24.4 Å². The molecule has 0 atom stereocenters. The van der Waals surface area contributed by atoms with Gasteiger partial charge in [0.25, 0.3) is 5.56 Å². The average Bonchev–Trinajstić information content (AvgIpc) is 2.37. The van der Waals surface area contributed by atoms with Crippen LogP contribution in [0.5, 0.6) is 0 Å². The maximum atomic E-state index is 11.8. The highest BCUT2D eigenvalue weighted by molar-refractivity contribution is 5.82. The predicted octanol–water partition coefficient (Wildman–Crippen LogP) is 1.14. The van der Waals surface area contributed by atoms with E-state index >= 15 is 0 Å². The second-order valence-corrected chi connectivity index (χ2v) is 3.85. The van der Waals surface area contributed by atoms with Crippen molar-refractivity contribution in [2.75, 3.05) is 6.61 Å². The number of H-pyrrole nitrogens is 1. The Morgan fingerprint density at radius 3 is 2.94 bits per heavy atom. The molecule has 0 saturated heterocycles. The van der Waals surface area contributed by atoms with Gasteiger partial charge in [-0.3, -0.25) is 14.4 Å². The molecule has 1 heterocycles. The number of fused-ring (bicyclic) bond motifs is 1. The average molecular weight is 246 g/mol. The molecule has 0 saturated carbocycles. The van der Waals surface area contributed by atoms with Crippen LogP contribution in [0.3, 0.4) is 0 Å². The van der Waals surface area contributed by atoms with E-state index in [1.807, 2.05) is 24.3 Å². The zero-order chi connectivity index (χ0) is 13.0. The number of hydroxylamine groups is 1. The van der Waals surface area contributed by atoms with E-state index < -0.39 is 0 Å². The summed E-state index contributed by atoms with van der Waals surface area (Å²) in [7, 11) is 0. The Labute approximate surface area is 104 Å². The summed E-state index contributed by atoms with van der Waals surface area (Å²) >= 11 is 0. The molecule has 1 amide bonds. The van der Waals surface area contributed by atoms with Gasteiger partial charge in [-0.2, -0.15) is 0 Å². The van der Waals surface area contributed by atoms with Crippen LogP contribution >= 0.6 is 0 Å². The molecule has 0 radical (unpaired) electrons. The molecule has 2 aromatic rings. The van der Waals surface area contributed by atoms with Gasteiger partial charge in [0.05, 0.1) is 13.0 Å². The minimum Gasteiger partial charge on any atom is -0.322 e. The van der Waals surface area contributed by atoms with Crippen molar-refractivity contribution in [1.82, 2.24) is 10.5 Å². The molecule has 0 fully saturated rings. The van der Waals surface area contributed by atoms with Crippen molar-refractivity contribution in [2.45, 2.75) is 13.3 Å². The molecule has 0 unspecified atom stereocenters. The number of aromatic nitrogens is 1. The summed E-state index contributed by atoms with van der Waals surface area (Å²) in [6.45, 7) is 2.16. The largest absolute Gasteiger partial charge is 0.322 e. The Morgan fingerprint density at radius 2 is 2.17 bits per heavy atom. The fourth-order valence-electron chi connectivity index (χ4n) is 1.69. The molecule has 0 aliphatic carbocycles. The van der Waals surface area contributed by atoms with Gasteiger partial charge in [0.15, 0.2) is 0 Å². The lowest BCUT2D eigenvalue weighted by Crippen LogP contribution is -2.28. The Balaban J connectivity index is 2.25. The summed E-state index contributed by atoms with van der Waals surface area (Å²) in [4.78, 5) is 30.8. The second-order valence-electron chi connectivity index (χ2n) is 3.85. The van der Waals surface area contributed by atoms with Crippen molar-refractivity contribution in [3.8, 4) is 0 Å². The highest BCUT2D eigenvalue weighted by Crippen LogP contribution is 2.10. The molecule has 1 aromatic heterocycles. The molecule has 0 spiro atoms. The third-order valence-corrected chi connectivity index (χ3v) is 2.51. The lowest BCUT2D eigenvalue weighted by atomic mass is 10.1. The van der Waals surface area contributed by atoms with Crippen LogP contribution in [0.25, 0.3) is 10.9 Å². The van der Waals surface area contributed by atoms with Crippen LogP contribution in [-0.4, -0.2) is 17.5 Å². The number of hydrogen-bond donors (Lipinski definition) is 2. The van der Waals surface area contributed by atoms with E-state index in [1.54, 1.807) is 13.0 Å². The standard InChI is InChI=1S/C13H14N2O3/c1-2-18-15-12(16)8-10-7-9-5-3-4-6-11(9)14-13(10)17/h3-7H,2,8H2,1H3,(H,14,17)(H,15,16). The minimum absolute atomic E-state index is 0.000166. The monoisotopic (exact) mass is 246 g/mol. The quantitative estimate of drug-likeness (QED) is 0.795. The van der Waals surface area contributed by atoms with E-state index in [2.05, 4.69) is 10.5 Å². The molecule has 2 rings (SSSR count). The Bertz CT molecular complexity index is 619. The predicted molar refractivity (Wildman–Crippen MR) is 68.0 cm³/mol. The smallest absolute Gasteiger partial charge is 0.252 e. The number of nitrogens with one attached hydrogen (secondary N) is 2. The number of pyridine rings is 1. The molecule has 5 heteroatoms. The summed E-state index contributed by atoms with van der Waals surface area (Å²) in [5.74, 6) is -0.336. The minimum atomic E-state index is -0.336. The topological polar surface area (TPSA) is 71.2 Å². The maximum absolute atomic E-state index is 11.8. The van der Waals surface area contributed by atoms with Crippen LogP contribution in [0.1, 0.15) is 12.5 Å². The van der Waals surface area contributed by atoms with E-state index in [9.17, 15) is 9.59 Å². The van der Waals surface area contributed by atoms with E-state index in [4.69, 9.17) is 4.84 Å². The zero-order valence-corrected chi connectivity index (χ0v) is 10.0. The molecular formula is C13H14N2O3. The van der Waals surface area contributed by atoms with Crippen LogP contribution in [0.15, 0.2) is 35.1 Å². The summed E-state index contributed by atoms with van der Waals surface area (Å²) < 4.78 is 0. The Morgan fingerprint density at radius 1 is 1.39 bits per heavy atom. The van der Waals surface area contributed by atoms with E-state index in [-0.39, 0.29) is 17.9 Å². The van der Waals surface area contributed by atoms with Crippen molar-refractivity contribution in [2.24, 2.45) is 0 Å². The van der Waals surface area contributed by atoms with E-state index in [1.165, 1.54) is 0 Å². The fraction of sp³-hybridized carbons (Fsp3) is 0.231. The number of carbonyl (C=O) groups is 1. The normalized spacial score (nSPS) is 10.5.